The van der Waals surface area contributed by atoms with Crippen LogP contribution in [0.25, 0.3) is 10.4 Å². The van der Waals surface area contributed by atoms with Gasteiger partial charge < -0.3 is 10.0 Å². The first kappa shape index (κ1) is 12.8. The average Bonchev–Trinajstić information content (AvgIpc) is 2.64. The summed E-state index contributed by atoms with van der Waals surface area (Å²) < 4.78 is 0. The second-order valence-corrected chi connectivity index (χ2v) is 4.15. The Hall–Kier alpha value is -1.26. The average molecular weight is 226 g/mol. The molecule has 6 heteroatoms. The summed E-state index contributed by atoms with van der Waals surface area (Å²) in [6.45, 7) is 3.00. The normalized spacial score (nSPS) is 22.0. The van der Waals surface area contributed by atoms with Crippen molar-refractivity contribution >= 4 is 5.91 Å². The molecule has 0 saturated carbocycles. The van der Waals surface area contributed by atoms with E-state index >= 15 is 0 Å². The number of carbonyl (C=O) groups excluding carboxylic acids is 1. The zero-order valence-electron chi connectivity index (χ0n) is 9.54. The highest BCUT2D eigenvalue weighted by Crippen LogP contribution is 2.22. The van der Waals surface area contributed by atoms with Gasteiger partial charge in [-0.25, -0.2) is 0 Å². The van der Waals surface area contributed by atoms with Crippen LogP contribution in [0, 0.1) is 5.92 Å². The van der Waals surface area contributed by atoms with Crippen molar-refractivity contribution in [2.45, 2.75) is 32.2 Å². The van der Waals surface area contributed by atoms with Crippen molar-refractivity contribution < 1.29 is 9.90 Å². The molecule has 6 nitrogen and oxygen atoms in total. The van der Waals surface area contributed by atoms with Crippen molar-refractivity contribution in [1.82, 2.24) is 4.90 Å². The fourth-order valence-corrected chi connectivity index (χ4v) is 2.11. The van der Waals surface area contributed by atoms with Crippen LogP contribution in [0.2, 0.25) is 0 Å². The van der Waals surface area contributed by atoms with Gasteiger partial charge in [-0.15, -0.1) is 0 Å². The quantitative estimate of drug-likeness (QED) is 0.420. The van der Waals surface area contributed by atoms with Crippen molar-refractivity contribution in [1.29, 1.82) is 0 Å². The number of hydrogen-bond acceptors (Lipinski definition) is 3. The number of aliphatic hydroxyl groups is 1. The molecule has 1 rings (SSSR count). The van der Waals surface area contributed by atoms with Gasteiger partial charge in [0.1, 0.15) is 0 Å². The molecule has 1 aliphatic rings. The second-order valence-electron chi connectivity index (χ2n) is 4.15. The molecule has 2 unspecified atom stereocenters. The van der Waals surface area contributed by atoms with Gasteiger partial charge in [0, 0.05) is 24.4 Å². The Kier molecular flexibility index (Phi) is 5.08. The van der Waals surface area contributed by atoms with Gasteiger partial charge in [0.15, 0.2) is 0 Å². The third-order valence-electron chi connectivity index (χ3n) is 2.92. The van der Waals surface area contributed by atoms with E-state index in [1.54, 1.807) is 4.90 Å². The fraction of sp³-hybridized carbons (Fsp3) is 0.900. The second kappa shape index (κ2) is 6.35. The Morgan fingerprint density at radius 1 is 1.75 bits per heavy atom. The number of aliphatic hydroxyl groups excluding tert-OH is 1. The maximum Gasteiger partial charge on any atom is 0.223 e. The van der Waals surface area contributed by atoms with E-state index in [9.17, 15) is 9.90 Å². The summed E-state index contributed by atoms with van der Waals surface area (Å²) >= 11 is 0. The molecule has 16 heavy (non-hydrogen) atoms. The van der Waals surface area contributed by atoms with Crippen molar-refractivity contribution in [2.75, 3.05) is 19.7 Å². The molecule has 2 atom stereocenters. The lowest BCUT2D eigenvalue weighted by molar-refractivity contribution is -0.130. The number of hydrogen-bond donors (Lipinski definition) is 1. The van der Waals surface area contributed by atoms with Crippen molar-refractivity contribution in [3.8, 4) is 0 Å². The van der Waals surface area contributed by atoms with Crippen LogP contribution < -0.4 is 0 Å². The Bertz CT molecular complexity index is 289. The smallest absolute Gasteiger partial charge is 0.223 e. The van der Waals surface area contributed by atoms with Gasteiger partial charge in [-0.1, -0.05) is 18.5 Å². The van der Waals surface area contributed by atoms with E-state index in [4.69, 9.17) is 5.53 Å². The SMILES string of the molecule is CCCC(CO)N1CC(CN=[N+]=[N-])CC1=O. The van der Waals surface area contributed by atoms with E-state index in [1.165, 1.54) is 0 Å². The molecule has 0 bridgehead atoms. The molecule has 0 aromatic heterocycles. The third-order valence-corrected chi connectivity index (χ3v) is 2.92. The molecule has 90 valence electrons. The topological polar surface area (TPSA) is 89.3 Å². The Morgan fingerprint density at radius 3 is 3.06 bits per heavy atom. The molecule has 0 aromatic rings. The lowest BCUT2D eigenvalue weighted by atomic mass is 10.1. The minimum absolute atomic E-state index is 0.00776. The summed E-state index contributed by atoms with van der Waals surface area (Å²) in [4.78, 5) is 16.1. The summed E-state index contributed by atoms with van der Waals surface area (Å²) in [7, 11) is 0. The Labute approximate surface area is 94.9 Å². The lowest BCUT2D eigenvalue weighted by Crippen LogP contribution is -2.39. The van der Waals surface area contributed by atoms with Gasteiger partial charge >= 0.3 is 0 Å². The van der Waals surface area contributed by atoms with E-state index in [0.29, 0.717) is 19.5 Å². The fourth-order valence-electron chi connectivity index (χ4n) is 2.11. The number of nitrogens with zero attached hydrogens (tertiary/aromatic N) is 4. The molecular weight excluding hydrogens is 208 g/mol. The van der Waals surface area contributed by atoms with E-state index in [1.807, 2.05) is 6.92 Å². The van der Waals surface area contributed by atoms with Crippen molar-refractivity contribution in [2.24, 2.45) is 11.0 Å². The molecular formula is C10H18N4O2. The van der Waals surface area contributed by atoms with Crippen LogP contribution in [-0.4, -0.2) is 41.7 Å². The minimum Gasteiger partial charge on any atom is -0.394 e. The van der Waals surface area contributed by atoms with Crippen LogP contribution in [0.1, 0.15) is 26.2 Å². The van der Waals surface area contributed by atoms with E-state index in [0.717, 1.165) is 12.8 Å². The first-order chi connectivity index (χ1) is 7.72. The van der Waals surface area contributed by atoms with E-state index in [-0.39, 0.29) is 24.5 Å². The van der Waals surface area contributed by atoms with E-state index in [2.05, 4.69) is 10.0 Å². The number of likely N-dealkylation sites (tertiary alicyclic amines) is 1. The van der Waals surface area contributed by atoms with Crippen LogP contribution in [0.5, 0.6) is 0 Å². The molecule has 0 aromatic carbocycles. The van der Waals surface area contributed by atoms with Crippen molar-refractivity contribution in [3.05, 3.63) is 10.4 Å². The molecule has 1 heterocycles. The Balaban J connectivity index is 2.55. The highest BCUT2D eigenvalue weighted by atomic mass is 16.3. The predicted octanol–water partition coefficient (Wildman–Crippen LogP) is 1.31. The zero-order chi connectivity index (χ0) is 12.0. The Morgan fingerprint density at radius 2 is 2.50 bits per heavy atom. The van der Waals surface area contributed by atoms with Gasteiger partial charge in [-0.05, 0) is 17.9 Å². The zero-order valence-corrected chi connectivity index (χ0v) is 9.54. The molecule has 0 radical (unpaired) electrons. The summed E-state index contributed by atoms with van der Waals surface area (Å²) in [5, 5.41) is 12.7. The molecule has 1 aliphatic heterocycles. The number of amides is 1. The number of carbonyl (C=O) groups is 1. The highest BCUT2D eigenvalue weighted by molar-refractivity contribution is 5.79. The standard InChI is InChI=1S/C10H18N4O2/c1-2-3-9(7-15)14-6-8(4-10(14)16)5-12-13-11/h8-9,15H,2-7H2,1H3. The molecule has 1 saturated heterocycles. The number of rotatable bonds is 6. The first-order valence-corrected chi connectivity index (χ1v) is 5.64. The highest BCUT2D eigenvalue weighted by Gasteiger charge is 2.33. The third kappa shape index (κ3) is 3.12. The van der Waals surface area contributed by atoms with Crippen LogP contribution in [0.3, 0.4) is 0 Å². The monoisotopic (exact) mass is 226 g/mol. The van der Waals surface area contributed by atoms with Gasteiger partial charge in [-0.3, -0.25) is 4.79 Å². The molecule has 1 fully saturated rings. The minimum atomic E-state index is -0.0754. The van der Waals surface area contributed by atoms with Gasteiger partial charge in [-0.2, -0.15) is 0 Å². The summed E-state index contributed by atoms with van der Waals surface area (Å²) in [6.07, 6.45) is 2.19. The van der Waals surface area contributed by atoms with Crippen LogP contribution in [0.4, 0.5) is 0 Å². The van der Waals surface area contributed by atoms with Gasteiger partial charge in [0.25, 0.3) is 0 Å². The first-order valence-electron chi connectivity index (χ1n) is 5.64. The lowest BCUT2D eigenvalue weighted by Gasteiger charge is -2.26. The summed E-state index contributed by atoms with van der Waals surface area (Å²) in [6, 6.07) is -0.0754. The molecule has 1 amide bonds. The number of azide groups is 1. The molecule has 1 N–H and O–H groups in total. The van der Waals surface area contributed by atoms with Gasteiger partial charge in [0.2, 0.25) is 5.91 Å². The van der Waals surface area contributed by atoms with Crippen molar-refractivity contribution in [3.63, 3.8) is 0 Å². The molecule has 0 aliphatic carbocycles. The van der Waals surface area contributed by atoms with Crippen LogP contribution in [-0.2, 0) is 4.79 Å². The summed E-state index contributed by atoms with van der Waals surface area (Å²) in [5.41, 5.74) is 8.22. The summed E-state index contributed by atoms with van der Waals surface area (Å²) in [5.74, 6) is 0.167. The van der Waals surface area contributed by atoms with Crippen LogP contribution >= 0.6 is 0 Å². The predicted molar refractivity (Wildman–Crippen MR) is 59.6 cm³/mol. The maximum absolute atomic E-state index is 11.7. The maximum atomic E-state index is 11.7. The van der Waals surface area contributed by atoms with E-state index < -0.39 is 0 Å². The molecule has 0 spiro atoms. The van der Waals surface area contributed by atoms with Crippen LogP contribution in [0.15, 0.2) is 5.11 Å². The largest absolute Gasteiger partial charge is 0.394 e. The van der Waals surface area contributed by atoms with Gasteiger partial charge in [0.05, 0.1) is 12.6 Å².